The number of alkyl carbamates (subject to hydrolysis) is 2. The summed E-state index contributed by atoms with van der Waals surface area (Å²) >= 11 is 3.48. The van der Waals surface area contributed by atoms with E-state index < -0.39 is 101 Å². The summed E-state index contributed by atoms with van der Waals surface area (Å²) in [6.45, 7) is 14.7. The monoisotopic (exact) mass is 1350 g/mol. The molecule has 93 heavy (non-hydrogen) atoms. The van der Waals surface area contributed by atoms with E-state index in [1.54, 1.807) is 61.6 Å². The van der Waals surface area contributed by atoms with Gasteiger partial charge in [-0.1, -0.05) is 133 Å². The molecule has 6 aliphatic rings. The van der Waals surface area contributed by atoms with Gasteiger partial charge in [0, 0.05) is 60.2 Å². The van der Waals surface area contributed by atoms with Gasteiger partial charge < -0.3 is 59.9 Å². The minimum atomic E-state index is -1.17. The second-order valence-electron chi connectivity index (χ2n) is 26.8. The van der Waals surface area contributed by atoms with Gasteiger partial charge in [0.25, 0.3) is 0 Å². The average molecular weight is 1350 g/mol. The van der Waals surface area contributed by atoms with Gasteiger partial charge in [-0.15, -0.1) is 0 Å². The number of hydrogen-bond acceptors (Lipinski definition) is 15. The molecule has 0 radical (unpaired) electrons. The second-order valence-corrected chi connectivity index (χ2v) is 27.4. The van der Waals surface area contributed by atoms with Crippen molar-refractivity contribution in [3.8, 4) is 0 Å². The summed E-state index contributed by atoms with van der Waals surface area (Å²) in [6.07, 6.45) is 15.4. The first-order valence-corrected chi connectivity index (χ1v) is 34.1. The highest BCUT2D eigenvalue weighted by Gasteiger charge is 2.63. The van der Waals surface area contributed by atoms with Crippen molar-refractivity contribution in [3.05, 3.63) is 114 Å². The van der Waals surface area contributed by atoms with Gasteiger partial charge in [0.05, 0.1) is 37.5 Å². The smallest absolute Gasteiger partial charge is 0.408 e. The zero-order valence-electron chi connectivity index (χ0n) is 55.0. The molecule has 4 fully saturated rings. The number of benzene rings is 3. The van der Waals surface area contributed by atoms with Crippen molar-refractivity contribution in [2.75, 3.05) is 26.3 Å². The summed E-state index contributed by atoms with van der Waals surface area (Å²) in [6, 6.07) is 20.9. The first-order valence-electron chi connectivity index (χ1n) is 33.0. The van der Waals surface area contributed by atoms with Crippen molar-refractivity contribution >= 4 is 85.4 Å². The van der Waals surface area contributed by atoms with E-state index in [-0.39, 0.29) is 63.5 Å². The van der Waals surface area contributed by atoms with E-state index in [1.807, 2.05) is 54.6 Å². The number of hydrogen-bond donors (Lipinski definition) is 5. The summed E-state index contributed by atoms with van der Waals surface area (Å²) in [5.74, 6) is -3.10. The van der Waals surface area contributed by atoms with Crippen LogP contribution in [0.3, 0.4) is 0 Å². The van der Waals surface area contributed by atoms with Crippen molar-refractivity contribution in [3.63, 3.8) is 0 Å². The quantitative estimate of drug-likeness (QED) is 0.0428. The van der Waals surface area contributed by atoms with Crippen LogP contribution in [0.25, 0.3) is 21.7 Å². The Bertz CT molecular complexity index is 3360. The van der Waals surface area contributed by atoms with E-state index in [9.17, 15) is 43.5 Å². The van der Waals surface area contributed by atoms with Gasteiger partial charge in [0.15, 0.2) is 0 Å². The third-order valence-corrected chi connectivity index (χ3v) is 18.0. The van der Waals surface area contributed by atoms with Gasteiger partial charge in [-0.05, 0) is 129 Å². The number of carbonyl (C=O) groups excluding carboxylic acids is 8. The second kappa shape index (κ2) is 32.1. The van der Waals surface area contributed by atoms with Crippen molar-refractivity contribution in [1.29, 1.82) is 0 Å². The maximum Gasteiger partial charge on any atom is 0.408 e. The molecule has 2 saturated carbocycles. The molecular weight excluding hydrogens is 1250 g/mol. The van der Waals surface area contributed by atoms with E-state index in [4.69, 9.17) is 23.7 Å². The predicted octanol–water partition coefficient (Wildman–Crippen LogP) is 10.1. The Morgan fingerprint density at radius 1 is 0.634 bits per heavy atom. The average Bonchev–Trinajstić information content (AvgIpc) is 1.59. The summed E-state index contributed by atoms with van der Waals surface area (Å²) in [4.78, 5) is 114. The van der Waals surface area contributed by atoms with Crippen LogP contribution < -0.4 is 21.3 Å². The van der Waals surface area contributed by atoms with Crippen LogP contribution in [0.5, 0.6) is 0 Å². The number of alkyl halides is 1. The molecule has 0 unspecified atom stereocenters. The molecule has 5 heterocycles. The first kappa shape index (κ1) is 71.4. The number of rotatable bonds is 10. The number of fused-ring (bicyclic) bond motifs is 6. The van der Waals surface area contributed by atoms with Gasteiger partial charge >= 0.3 is 24.1 Å². The number of allylic oxidation sites excluding steroid dienone is 2. The number of halogens is 1. The van der Waals surface area contributed by atoms with Crippen molar-refractivity contribution in [2.45, 2.75) is 216 Å². The van der Waals surface area contributed by atoms with Crippen LogP contribution >= 0.6 is 15.9 Å². The topological polar surface area (TPSA) is 270 Å². The van der Waals surface area contributed by atoms with E-state index >= 15 is 0 Å². The number of aromatic nitrogens is 1. The molecule has 4 aromatic rings. The lowest BCUT2D eigenvalue weighted by Crippen LogP contribution is -2.56. The lowest BCUT2D eigenvalue weighted by Gasteiger charge is -2.30. The Kier molecular flexibility index (Phi) is 24.7. The first-order chi connectivity index (χ1) is 44.4. The normalized spacial score (nSPS) is 27.4. The van der Waals surface area contributed by atoms with E-state index in [1.165, 1.54) is 26.1 Å². The standard InChI is InChI=1S/C35H46N4O7.C25H39N3O7.C11H9Br/c1-5-44-32(42)35-20-25(35)16-9-7-6-8-10-17-27(37-33(43)46-34(2,3)4)31(41)39-21-26(19-28(39)30(40)38-35)45-22-24-14-11-13-23-15-12-18-36-29(23)24;1-5-34-22(32)25-14-16(25)11-9-7-6-8-10-12-18(26-23(33)35-24(2,3)4)21(31)28-15-17(29)13-19(28)20(30)27-25;12-8-10-6-3-5-9-4-1-2-7-11(9)10/h9,11-16,18,25-28H,5-8,10,17,19-22H2,1-4H3,(H,37,43)(H,38,40);9,11,16-19,29H,5-8,10,12-15H2,1-4H3,(H,26,33)(H,27,30);1-7H,8H2/b16-9-;11-9-;/t25-,26-,27+,28+,35-;16-,17-,18+,19+,25-;/m11./s1. The minimum absolute atomic E-state index is 0.0286. The number of aliphatic hydroxyl groups is 1. The molecule has 3 aromatic carbocycles. The van der Waals surface area contributed by atoms with E-state index in [2.05, 4.69) is 84.6 Å². The molecule has 0 bridgehead atoms. The highest BCUT2D eigenvalue weighted by molar-refractivity contribution is 9.08. The molecule has 21 nitrogen and oxygen atoms in total. The number of ether oxygens (including phenoxy) is 5. The molecule has 504 valence electrons. The SMILES string of the molecule is BrCc1cccc2ccccc12.CCOC(=O)[C@@]12C[C@H]1/C=C\CCCCC[C@H](NC(=O)OC(C)(C)C)C(=O)N1C[C@H](O)C[C@H]1C(=O)N2.CCOC(=O)[C@@]12C[C@H]1/C=C\CCCCC[C@H](NC(=O)OC(C)(C)C)C(=O)N1C[C@H](OCc3cccc4cccnc34)C[C@H]1C(=O)N2. The zero-order valence-corrected chi connectivity index (χ0v) is 56.6. The molecule has 10 atom stereocenters. The molecule has 0 spiro atoms. The number of amides is 6. The van der Waals surface area contributed by atoms with Crippen LogP contribution in [0, 0.1) is 11.8 Å². The van der Waals surface area contributed by atoms with Crippen molar-refractivity contribution < 1.29 is 67.1 Å². The van der Waals surface area contributed by atoms with Crippen LogP contribution in [-0.2, 0) is 64.4 Å². The van der Waals surface area contributed by atoms with Gasteiger partial charge in [0.1, 0.15) is 46.4 Å². The number of esters is 2. The number of pyridine rings is 1. The molecule has 2 aliphatic carbocycles. The molecule has 4 aliphatic heterocycles. The van der Waals surface area contributed by atoms with Crippen LogP contribution in [-0.4, -0.2) is 153 Å². The van der Waals surface area contributed by atoms with Gasteiger partial charge in [-0.2, -0.15) is 0 Å². The summed E-state index contributed by atoms with van der Waals surface area (Å²) in [7, 11) is 0. The number of aliphatic hydroxyl groups excluding tert-OH is 1. The van der Waals surface area contributed by atoms with E-state index in [0.29, 0.717) is 38.5 Å². The van der Waals surface area contributed by atoms with Crippen LogP contribution in [0.1, 0.15) is 156 Å². The fraction of sp³-hybridized carbons (Fsp3) is 0.563. The summed E-state index contributed by atoms with van der Waals surface area (Å²) < 4.78 is 27.8. The van der Waals surface area contributed by atoms with Crippen LogP contribution in [0.15, 0.2) is 103 Å². The van der Waals surface area contributed by atoms with Crippen LogP contribution in [0.4, 0.5) is 9.59 Å². The van der Waals surface area contributed by atoms with Gasteiger partial charge in [0.2, 0.25) is 23.6 Å². The van der Waals surface area contributed by atoms with Gasteiger partial charge in [-0.25, -0.2) is 19.2 Å². The lowest BCUT2D eigenvalue weighted by atomic mass is 10.0. The Morgan fingerprint density at radius 2 is 1.13 bits per heavy atom. The van der Waals surface area contributed by atoms with Crippen molar-refractivity contribution in [2.24, 2.45) is 11.8 Å². The van der Waals surface area contributed by atoms with E-state index in [0.717, 1.165) is 60.3 Å². The minimum Gasteiger partial charge on any atom is -0.464 e. The number of carbonyl (C=O) groups is 8. The molecule has 6 amide bonds. The molecule has 2 saturated heterocycles. The summed E-state index contributed by atoms with van der Waals surface area (Å²) in [5.41, 5.74) is -0.705. The zero-order chi connectivity index (χ0) is 67.1. The third-order valence-electron chi connectivity index (χ3n) is 17.4. The molecule has 22 heteroatoms. The highest BCUT2D eigenvalue weighted by Crippen LogP contribution is 2.47. The van der Waals surface area contributed by atoms with Gasteiger partial charge in [-0.3, -0.25) is 24.2 Å². The highest BCUT2D eigenvalue weighted by atomic mass is 79.9. The number of nitrogens with zero attached hydrogens (tertiary/aromatic N) is 3. The van der Waals surface area contributed by atoms with Crippen LogP contribution in [0.2, 0.25) is 0 Å². The fourth-order valence-corrected chi connectivity index (χ4v) is 13.0. The molecular formula is C71H94BrN7O14. The lowest BCUT2D eigenvalue weighted by molar-refractivity contribution is -0.150. The Balaban J connectivity index is 0.000000207. The Hall–Kier alpha value is -7.43. The maximum absolute atomic E-state index is 14.2. The largest absolute Gasteiger partial charge is 0.464 e. The molecule has 1 aromatic heterocycles. The Labute approximate surface area is 554 Å². The Morgan fingerprint density at radius 3 is 1.67 bits per heavy atom. The third kappa shape index (κ3) is 19.1. The molecule has 5 N–H and O–H groups in total. The molecule has 10 rings (SSSR count). The summed E-state index contributed by atoms with van der Waals surface area (Å²) in [5, 5.41) is 26.2. The maximum atomic E-state index is 14.2. The number of nitrogens with one attached hydrogen (secondary N) is 4. The van der Waals surface area contributed by atoms with Crippen molar-refractivity contribution in [1.82, 2.24) is 36.1 Å². The predicted molar refractivity (Wildman–Crippen MR) is 355 cm³/mol. The number of para-hydroxylation sites is 1. The fourth-order valence-electron chi connectivity index (χ4n) is 12.6.